The Labute approximate surface area is 84.8 Å². The lowest BCUT2D eigenvalue weighted by Gasteiger charge is -1.85. The molecule has 1 aromatic carbocycles. The summed E-state index contributed by atoms with van der Waals surface area (Å²) in [4.78, 5) is 7.51. The topological polar surface area (TPSA) is 17.2 Å². The highest BCUT2D eigenvalue weighted by Gasteiger charge is 2.05. The van der Waals surface area contributed by atoms with Crippen LogP contribution in [0.15, 0.2) is 18.2 Å². The predicted octanol–water partition coefficient (Wildman–Crippen LogP) is 2.90. The molecule has 0 unspecified atom stereocenters. The molecule has 14 heavy (non-hydrogen) atoms. The maximum atomic E-state index is 12.8. The number of rotatable bonds is 2. The molecule has 0 bridgehead atoms. The summed E-state index contributed by atoms with van der Waals surface area (Å²) >= 11 is 1.52. The highest BCUT2D eigenvalue weighted by Crippen LogP contribution is 2.22. The van der Waals surface area contributed by atoms with Crippen molar-refractivity contribution in [1.82, 2.24) is 4.98 Å². The van der Waals surface area contributed by atoms with Gasteiger partial charge >= 0.3 is 0 Å². The first-order valence-electron chi connectivity index (χ1n) is 4.18. The molecular formula is C10H7FN2S. The molecule has 0 atom stereocenters. The van der Waals surface area contributed by atoms with E-state index in [1.54, 1.807) is 6.07 Å². The Morgan fingerprint density at radius 2 is 2.36 bits per heavy atom. The molecule has 0 aliphatic heterocycles. The third-order valence-electron chi connectivity index (χ3n) is 1.83. The van der Waals surface area contributed by atoms with Gasteiger partial charge in [-0.1, -0.05) is 0 Å². The summed E-state index contributed by atoms with van der Waals surface area (Å²) < 4.78 is 13.8. The second-order valence-corrected chi connectivity index (χ2v) is 3.97. The molecule has 0 amide bonds. The first-order valence-corrected chi connectivity index (χ1v) is 4.99. The van der Waals surface area contributed by atoms with Crippen LogP contribution in [0.4, 0.5) is 4.39 Å². The van der Waals surface area contributed by atoms with E-state index in [1.165, 1.54) is 23.5 Å². The maximum absolute atomic E-state index is 12.8. The van der Waals surface area contributed by atoms with Crippen molar-refractivity contribution < 1.29 is 4.39 Å². The lowest BCUT2D eigenvalue weighted by Crippen LogP contribution is -1.84. The lowest BCUT2D eigenvalue weighted by molar-refractivity contribution is 0.629. The van der Waals surface area contributed by atoms with Crippen LogP contribution in [0.1, 0.15) is 5.01 Å². The Morgan fingerprint density at radius 1 is 1.50 bits per heavy atom. The number of benzene rings is 1. The van der Waals surface area contributed by atoms with E-state index in [0.717, 1.165) is 9.71 Å². The van der Waals surface area contributed by atoms with Gasteiger partial charge in [0.05, 0.1) is 16.6 Å². The van der Waals surface area contributed by atoms with E-state index in [4.69, 9.17) is 6.57 Å². The van der Waals surface area contributed by atoms with Crippen molar-refractivity contribution in [2.75, 3.05) is 6.54 Å². The van der Waals surface area contributed by atoms with Gasteiger partial charge in [-0.05, 0) is 12.1 Å². The van der Waals surface area contributed by atoms with Gasteiger partial charge in [0.1, 0.15) is 10.8 Å². The Bertz CT molecular complexity index is 498. The van der Waals surface area contributed by atoms with Crippen molar-refractivity contribution in [3.8, 4) is 0 Å². The van der Waals surface area contributed by atoms with Crippen LogP contribution in [-0.4, -0.2) is 11.5 Å². The molecule has 0 spiro atoms. The summed E-state index contributed by atoms with van der Waals surface area (Å²) in [5.41, 5.74) is 0.690. The average Bonchev–Trinajstić information content (AvgIpc) is 2.56. The van der Waals surface area contributed by atoms with E-state index in [0.29, 0.717) is 18.5 Å². The quantitative estimate of drug-likeness (QED) is 0.690. The van der Waals surface area contributed by atoms with E-state index >= 15 is 0 Å². The minimum Gasteiger partial charge on any atom is -0.316 e. The number of nitrogens with zero attached hydrogens (tertiary/aromatic N) is 2. The monoisotopic (exact) mass is 206 g/mol. The molecule has 2 rings (SSSR count). The van der Waals surface area contributed by atoms with Gasteiger partial charge in [-0.3, -0.25) is 0 Å². The summed E-state index contributed by atoms with van der Waals surface area (Å²) in [5, 5.41) is 0.904. The van der Waals surface area contributed by atoms with Gasteiger partial charge in [0.2, 0.25) is 6.54 Å². The van der Waals surface area contributed by atoms with Gasteiger partial charge in [-0.2, -0.15) is 0 Å². The van der Waals surface area contributed by atoms with Crippen molar-refractivity contribution in [3.05, 3.63) is 40.4 Å². The molecule has 0 saturated carbocycles. The van der Waals surface area contributed by atoms with E-state index in [-0.39, 0.29) is 5.82 Å². The highest BCUT2D eigenvalue weighted by molar-refractivity contribution is 7.18. The minimum absolute atomic E-state index is 0.264. The Morgan fingerprint density at radius 3 is 3.14 bits per heavy atom. The lowest BCUT2D eigenvalue weighted by atomic mass is 10.3. The van der Waals surface area contributed by atoms with Gasteiger partial charge in [0.15, 0.2) is 0 Å². The predicted molar refractivity (Wildman–Crippen MR) is 54.8 cm³/mol. The highest BCUT2D eigenvalue weighted by atomic mass is 32.1. The SMILES string of the molecule is [C-]#[N+]CCc1nc2cc(F)ccc2s1. The molecule has 0 aliphatic carbocycles. The normalized spacial score (nSPS) is 10.3. The van der Waals surface area contributed by atoms with Gasteiger partial charge in [-0.15, -0.1) is 11.3 Å². The van der Waals surface area contributed by atoms with E-state index in [9.17, 15) is 4.39 Å². The molecule has 1 heterocycles. The summed E-state index contributed by atoms with van der Waals surface area (Å²) in [5.74, 6) is -0.264. The fraction of sp³-hybridized carbons (Fsp3) is 0.200. The molecular weight excluding hydrogens is 199 g/mol. The Hall–Kier alpha value is -1.47. The molecule has 0 N–H and O–H groups in total. The van der Waals surface area contributed by atoms with E-state index in [1.807, 2.05) is 0 Å². The smallest absolute Gasteiger partial charge is 0.221 e. The number of halogens is 1. The third-order valence-corrected chi connectivity index (χ3v) is 2.93. The van der Waals surface area contributed by atoms with Crippen molar-refractivity contribution in [2.24, 2.45) is 0 Å². The Kier molecular flexibility index (Phi) is 2.42. The zero-order valence-corrected chi connectivity index (χ0v) is 8.14. The van der Waals surface area contributed by atoms with Crippen LogP contribution in [0.25, 0.3) is 15.1 Å². The summed E-state index contributed by atoms with van der Waals surface area (Å²) in [6.45, 7) is 7.11. The zero-order valence-electron chi connectivity index (χ0n) is 7.33. The zero-order chi connectivity index (χ0) is 9.97. The van der Waals surface area contributed by atoms with E-state index in [2.05, 4.69) is 9.83 Å². The van der Waals surface area contributed by atoms with Crippen LogP contribution < -0.4 is 0 Å². The molecule has 0 fully saturated rings. The first-order chi connectivity index (χ1) is 6.79. The van der Waals surface area contributed by atoms with Crippen molar-refractivity contribution >= 4 is 21.6 Å². The van der Waals surface area contributed by atoms with E-state index < -0.39 is 0 Å². The minimum atomic E-state index is -0.264. The van der Waals surface area contributed by atoms with Crippen molar-refractivity contribution in [3.63, 3.8) is 0 Å². The van der Waals surface area contributed by atoms with Crippen LogP contribution in [0.3, 0.4) is 0 Å². The van der Waals surface area contributed by atoms with Crippen LogP contribution in [0, 0.1) is 12.4 Å². The summed E-state index contributed by atoms with van der Waals surface area (Å²) in [6.07, 6.45) is 0.657. The van der Waals surface area contributed by atoms with Gasteiger partial charge in [-0.25, -0.2) is 15.9 Å². The molecule has 70 valence electrons. The largest absolute Gasteiger partial charge is 0.316 e. The van der Waals surface area contributed by atoms with Crippen molar-refractivity contribution in [2.45, 2.75) is 6.42 Å². The molecule has 2 aromatic rings. The second-order valence-electron chi connectivity index (χ2n) is 2.85. The molecule has 0 saturated heterocycles. The molecule has 0 radical (unpaired) electrons. The van der Waals surface area contributed by atoms with Crippen LogP contribution in [-0.2, 0) is 6.42 Å². The summed E-state index contributed by atoms with van der Waals surface area (Å²) in [7, 11) is 0. The van der Waals surface area contributed by atoms with Crippen LogP contribution in [0.2, 0.25) is 0 Å². The van der Waals surface area contributed by atoms with Gasteiger partial charge in [0, 0.05) is 6.07 Å². The number of hydrogen-bond donors (Lipinski definition) is 0. The third kappa shape index (κ3) is 1.73. The number of hydrogen-bond acceptors (Lipinski definition) is 2. The fourth-order valence-corrected chi connectivity index (χ4v) is 2.14. The Balaban J connectivity index is 2.37. The molecule has 1 aromatic heterocycles. The van der Waals surface area contributed by atoms with Gasteiger partial charge in [0.25, 0.3) is 0 Å². The van der Waals surface area contributed by atoms with Crippen LogP contribution >= 0.6 is 11.3 Å². The molecule has 0 aliphatic rings. The summed E-state index contributed by atoms with van der Waals surface area (Å²) in [6, 6.07) is 4.58. The number of fused-ring (bicyclic) bond motifs is 1. The fourth-order valence-electron chi connectivity index (χ4n) is 1.21. The number of aromatic nitrogens is 1. The van der Waals surface area contributed by atoms with Crippen LogP contribution in [0.5, 0.6) is 0 Å². The molecule has 2 nitrogen and oxygen atoms in total. The van der Waals surface area contributed by atoms with Crippen molar-refractivity contribution in [1.29, 1.82) is 0 Å². The van der Waals surface area contributed by atoms with Gasteiger partial charge < -0.3 is 4.85 Å². The first kappa shape index (κ1) is 9.10. The maximum Gasteiger partial charge on any atom is 0.221 e. The number of thiazole rings is 1. The average molecular weight is 206 g/mol. The second kappa shape index (κ2) is 3.72. The standard InChI is InChI=1S/C10H7FN2S/c1-12-5-4-10-13-8-6-7(11)2-3-9(8)14-10/h2-3,6H,4-5H2. The molecule has 4 heteroatoms.